The van der Waals surface area contributed by atoms with Crippen molar-refractivity contribution in [3.05, 3.63) is 206 Å². The van der Waals surface area contributed by atoms with E-state index in [1.807, 2.05) is 13.0 Å². The van der Waals surface area contributed by atoms with Gasteiger partial charge in [0.05, 0.1) is 0 Å². The highest BCUT2D eigenvalue weighted by atomic mass is 16.3. The van der Waals surface area contributed by atoms with Gasteiger partial charge in [-0.2, -0.15) is 0 Å². The van der Waals surface area contributed by atoms with Crippen LogP contribution in [-0.2, 0) is 6.42 Å². The lowest BCUT2D eigenvalue weighted by molar-refractivity contribution is 0.665. The van der Waals surface area contributed by atoms with Gasteiger partial charge in [0.25, 0.3) is 0 Å². The summed E-state index contributed by atoms with van der Waals surface area (Å²) in [5.74, 6) is 0. The standard InChI is InChI=1S/C53H32O.C3H6/c1-2-10-33-28-39(23-17-32(33)9-1)51-43-12-3-5-14-45(43)52(46-15-6-4-13-44(46)51)40-24-21-34-27-35(18-19-36(34)29-40)37-20-22-38-31-49-41(48(38)30-37)25-26-47-42-11-7-8-16-50(42)54-53(47)49;1-3-2/h1-30H,31H2;3H,1H2,2H3. The predicted molar refractivity (Wildman–Crippen MR) is 244 cm³/mol. The molecule has 10 aromatic carbocycles. The molecule has 0 fully saturated rings. The first kappa shape index (κ1) is 33.1. The van der Waals surface area contributed by atoms with Crippen LogP contribution >= 0.6 is 0 Å². The summed E-state index contributed by atoms with van der Waals surface area (Å²) in [6, 6.07) is 67.1. The molecular weight excluding hydrogens is 689 g/mol. The predicted octanol–water partition coefficient (Wildman–Crippen LogP) is 16.0. The zero-order valence-corrected chi connectivity index (χ0v) is 31.7. The molecule has 0 radical (unpaired) electrons. The fourth-order valence-corrected chi connectivity index (χ4v) is 9.30. The number of hydrogen-bond donors (Lipinski definition) is 0. The van der Waals surface area contributed by atoms with Crippen LogP contribution in [0.2, 0.25) is 0 Å². The fraction of sp³-hybridized carbons (Fsp3) is 0.0357. The number of benzene rings is 10. The molecule has 0 saturated heterocycles. The molecule has 0 aliphatic heterocycles. The number of allylic oxidation sites excluding steroid dienone is 1. The fourth-order valence-electron chi connectivity index (χ4n) is 9.30. The Bertz CT molecular complexity index is 3360. The number of fused-ring (bicyclic) bond motifs is 11. The summed E-state index contributed by atoms with van der Waals surface area (Å²) in [5, 5.41) is 12.5. The first-order valence-corrected chi connectivity index (χ1v) is 19.8. The second kappa shape index (κ2) is 13.2. The maximum Gasteiger partial charge on any atom is 0.139 e. The summed E-state index contributed by atoms with van der Waals surface area (Å²) in [4.78, 5) is 0. The lowest BCUT2D eigenvalue weighted by Gasteiger charge is -2.18. The topological polar surface area (TPSA) is 13.1 Å². The van der Waals surface area contributed by atoms with Gasteiger partial charge in [-0.3, -0.25) is 0 Å². The van der Waals surface area contributed by atoms with Crippen LogP contribution < -0.4 is 0 Å². The van der Waals surface area contributed by atoms with Crippen molar-refractivity contribution in [1.29, 1.82) is 0 Å². The lowest BCUT2D eigenvalue weighted by Crippen LogP contribution is -1.91. The molecule has 0 atom stereocenters. The van der Waals surface area contributed by atoms with Crippen molar-refractivity contribution in [2.24, 2.45) is 0 Å². The van der Waals surface area contributed by atoms with Gasteiger partial charge in [-0.15, -0.1) is 6.58 Å². The minimum atomic E-state index is 0.898. The third-order valence-corrected chi connectivity index (χ3v) is 11.8. The molecular formula is C56H38O. The Morgan fingerprint density at radius 3 is 1.54 bits per heavy atom. The molecule has 1 aromatic heterocycles. The van der Waals surface area contributed by atoms with Crippen molar-refractivity contribution in [2.45, 2.75) is 13.3 Å². The zero-order valence-electron chi connectivity index (χ0n) is 31.7. The molecule has 1 heterocycles. The van der Waals surface area contributed by atoms with Crippen LogP contribution in [0, 0.1) is 0 Å². The van der Waals surface area contributed by atoms with E-state index in [1.54, 1.807) is 6.08 Å². The highest BCUT2D eigenvalue weighted by molar-refractivity contribution is 6.22. The number of rotatable bonds is 3. The van der Waals surface area contributed by atoms with E-state index in [2.05, 4.69) is 183 Å². The van der Waals surface area contributed by atoms with Crippen molar-refractivity contribution < 1.29 is 4.42 Å². The van der Waals surface area contributed by atoms with Gasteiger partial charge in [0.1, 0.15) is 11.2 Å². The number of para-hydroxylation sites is 1. The van der Waals surface area contributed by atoms with E-state index in [-0.39, 0.29) is 0 Å². The summed E-state index contributed by atoms with van der Waals surface area (Å²) in [6.45, 7) is 5.25. The van der Waals surface area contributed by atoms with Gasteiger partial charge >= 0.3 is 0 Å². The van der Waals surface area contributed by atoms with E-state index in [0.29, 0.717) is 0 Å². The van der Waals surface area contributed by atoms with Gasteiger partial charge in [-0.05, 0) is 136 Å². The molecule has 1 aliphatic carbocycles. The van der Waals surface area contributed by atoms with Crippen molar-refractivity contribution in [2.75, 3.05) is 0 Å². The Labute approximate surface area is 331 Å². The third kappa shape index (κ3) is 5.31. The van der Waals surface area contributed by atoms with Gasteiger partial charge < -0.3 is 4.42 Å². The van der Waals surface area contributed by atoms with Crippen molar-refractivity contribution in [3.8, 4) is 44.5 Å². The van der Waals surface area contributed by atoms with Gasteiger partial charge in [0.15, 0.2) is 0 Å². The second-order valence-corrected chi connectivity index (χ2v) is 15.2. The van der Waals surface area contributed by atoms with Crippen molar-refractivity contribution >= 4 is 65.0 Å². The highest BCUT2D eigenvalue weighted by Crippen LogP contribution is 2.46. The van der Waals surface area contributed by atoms with Gasteiger partial charge in [0, 0.05) is 22.8 Å². The minimum absolute atomic E-state index is 0.898. The first-order chi connectivity index (χ1) is 28.2. The van der Waals surface area contributed by atoms with E-state index in [1.165, 1.54) is 109 Å². The Morgan fingerprint density at radius 1 is 0.421 bits per heavy atom. The Balaban J connectivity index is 0.00000121. The lowest BCUT2D eigenvalue weighted by atomic mass is 9.85. The van der Waals surface area contributed by atoms with E-state index in [9.17, 15) is 0 Å². The van der Waals surface area contributed by atoms with Crippen LogP contribution in [-0.4, -0.2) is 0 Å². The average molecular weight is 727 g/mol. The first-order valence-electron chi connectivity index (χ1n) is 19.8. The second-order valence-electron chi connectivity index (χ2n) is 15.2. The van der Waals surface area contributed by atoms with Crippen molar-refractivity contribution in [1.82, 2.24) is 0 Å². The highest BCUT2D eigenvalue weighted by Gasteiger charge is 2.24. The minimum Gasteiger partial charge on any atom is -0.456 e. The molecule has 0 N–H and O–H groups in total. The van der Waals surface area contributed by atoms with Crippen LogP contribution in [0.3, 0.4) is 0 Å². The molecule has 0 unspecified atom stereocenters. The summed E-state index contributed by atoms with van der Waals surface area (Å²) in [6.07, 6.45) is 2.65. The molecule has 0 amide bonds. The van der Waals surface area contributed by atoms with Crippen LogP contribution in [0.4, 0.5) is 0 Å². The largest absolute Gasteiger partial charge is 0.456 e. The molecule has 57 heavy (non-hydrogen) atoms. The molecule has 268 valence electrons. The molecule has 1 aliphatic rings. The van der Waals surface area contributed by atoms with E-state index in [4.69, 9.17) is 4.42 Å². The van der Waals surface area contributed by atoms with E-state index in [0.717, 1.165) is 17.6 Å². The number of furan rings is 1. The Hall–Kier alpha value is -7.22. The SMILES string of the molecule is C=CC.c1ccc2cc(-c3c4ccccc4c(-c4ccc5cc(-c6ccc7c(c6)-c6ccc8c(oc9ccccc98)c6C7)ccc5c4)c4ccccc34)ccc2c1. The van der Waals surface area contributed by atoms with Crippen LogP contribution in [0.5, 0.6) is 0 Å². The molecule has 1 heteroatoms. The van der Waals surface area contributed by atoms with Crippen LogP contribution in [0.1, 0.15) is 18.1 Å². The molecule has 1 nitrogen and oxygen atoms in total. The number of hydrogen-bond acceptors (Lipinski definition) is 1. The zero-order chi connectivity index (χ0) is 38.0. The maximum absolute atomic E-state index is 6.42. The van der Waals surface area contributed by atoms with Gasteiger partial charge in [-0.25, -0.2) is 0 Å². The van der Waals surface area contributed by atoms with Crippen molar-refractivity contribution in [3.63, 3.8) is 0 Å². The third-order valence-electron chi connectivity index (χ3n) is 11.8. The van der Waals surface area contributed by atoms with Gasteiger partial charge in [0.2, 0.25) is 0 Å². The summed E-state index contributed by atoms with van der Waals surface area (Å²) >= 11 is 0. The van der Waals surface area contributed by atoms with Crippen LogP contribution in [0.15, 0.2) is 199 Å². The molecule has 11 aromatic rings. The van der Waals surface area contributed by atoms with Crippen LogP contribution in [0.25, 0.3) is 110 Å². The summed E-state index contributed by atoms with van der Waals surface area (Å²) < 4.78 is 6.42. The summed E-state index contributed by atoms with van der Waals surface area (Å²) in [5.41, 5.74) is 14.8. The van der Waals surface area contributed by atoms with Gasteiger partial charge in [-0.1, -0.05) is 152 Å². The normalized spacial score (nSPS) is 11.9. The smallest absolute Gasteiger partial charge is 0.139 e. The Morgan fingerprint density at radius 2 is 0.895 bits per heavy atom. The molecule has 0 bridgehead atoms. The molecule has 0 spiro atoms. The monoisotopic (exact) mass is 726 g/mol. The molecule has 0 saturated carbocycles. The quantitative estimate of drug-likeness (QED) is 0.131. The average Bonchev–Trinajstić information content (AvgIpc) is 3.84. The van der Waals surface area contributed by atoms with E-state index < -0.39 is 0 Å². The maximum atomic E-state index is 6.42. The molecule has 12 rings (SSSR count). The Kier molecular flexibility index (Phi) is 7.69. The van der Waals surface area contributed by atoms with E-state index >= 15 is 0 Å². The summed E-state index contributed by atoms with van der Waals surface area (Å²) in [7, 11) is 0.